The Hall–Kier alpha value is -2.98. The maximum Gasteiger partial charge on any atom is 0.328 e. The summed E-state index contributed by atoms with van der Waals surface area (Å²) in [6.45, 7) is 2.18. The van der Waals surface area contributed by atoms with Crippen LogP contribution in [0.25, 0.3) is 0 Å². The van der Waals surface area contributed by atoms with E-state index in [-0.39, 0.29) is 43.4 Å². The van der Waals surface area contributed by atoms with Gasteiger partial charge in [0.2, 0.25) is 10.0 Å². The molecule has 3 heterocycles. The van der Waals surface area contributed by atoms with Crippen LogP contribution < -0.4 is 4.74 Å². The highest BCUT2D eigenvalue weighted by Crippen LogP contribution is 2.35. The molecule has 2 aliphatic heterocycles. The van der Waals surface area contributed by atoms with Crippen molar-refractivity contribution in [2.24, 2.45) is 0 Å². The minimum absolute atomic E-state index is 0.0957. The van der Waals surface area contributed by atoms with Gasteiger partial charge in [0, 0.05) is 25.8 Å². The Balaban J connectivity index is 1.54. The van der Waals surface area contributed by atoms with Gasteiger partial charge in [-0.3, -0.25) is 14.7 Å². The highest BCUT2D eigenvalue weighted by molar-refractivity contribution is 7.89. The summed E-state index contributed by atoms with van der Waals surface area (Å²) in [5, 5.41) is 0. The Morgan fingerprint density at radius 1 is 1.06 bits per heavy atom. The fraction of sp³-hybridized carbons (Fsp3) is 0.381. The molecule has 0 bridgehead atoms. The van der Waals surface area contributed by atoms with E-state index in [4.69, 9.17) is 4.74 Å². The second-order valence-corrected chi connectivity index (χ2v) is 9.69. The van der Waals surface area contributed by atoms with Gasteiger partial charge in [0.15, 0.2) is 0 Å². The van der Waals surface area contributed by atoms with Crippen LogP contribution >= 0.6 is 0 Å². The van der Waals surface area contributed by atoms with Crippen LogP contribution in [0.4, 0.5) is 4.79 Å². The molecule has 0 radical (unpaired) electrons. The number of hydrogen-bond acceptors (Lipinski definition) is 6. The molecule has 3 amide bonds. The van der Waals surface area contributed by atoms with E-state index in [2.05, 4.69) is 4.98 Å². The molecule has 9 nitrogen and oxygen atoms in total. The summed E-state index contributed by atoms with van der Waals surface area (Å²) >= 11 is 0. The molecule has 0 spiro atoms. The Labute approximate surface area is 181 Å². The summed E-state index contributed by atoms with van der Waals surface area (Å²) in [5.41, 5.74) is -0.468. The van der Waals surface area contributed by atoms with E-state index in [1.807, 2.05) is 0 Å². The number of amides is 3. The van der Waals surface area contributed by atoms with Crippen molar-refractivity contribution in [1.82, 2.24) is 19.1 Å². The van der Waals surface area contributed by atoms with Gasteiger partial charge in [-0.05, 0) is 49.7 Å². The van der Waals surface area contributed by atoms with E-state index < -0.39 is 21.6 Å². The number of imide groups is 1. The van der Waals surface area contributed by atoms with Crippen molar-refractivity contribution in [3.63, 3.8) is 0 Å². The number of rotatable bonds is 5. The molecule has 2 saturated heterocycles. The van der Waals surface area contributed by atoms with Crippen LogP contribution in [0.2, 0.25) is 0 Å². The quantitative estimate of drug-likeness (QED) is 0.651. The van der Waals surface area contributed by atoms with Crippen molar-refractivity contribution < 1.29 is 22.7 Å². The molecule has 1 unspecified atom stereocenters. The number of urea groups is 1. The molecule has 0 N–H and O–H groups in total. The molecule has 0 saturated carbocycles. The fourth-order valence-electron chi connectivity index (χ4n) is 4.03. The van der Waals surface area contributed by atoms with E-state index in [9.17, 15) is 18.0 Å². The van der Waals surface area contributed by atoms with Gasteiger partial charge in [-0.25, -0.2) is 13.2 Å². The third-order valence-corrected chi connectivity index (χ3v) is 7.84. The number of sulfonamides is 1. The van der Waals surface area contributed by atoms with Crippen molar-refractivity contribution in [3.8, 4) is 5.75 Å². The summed E-state index contributed by atoms with van der Waals surface area (Å²) in [6, 6.07) is 11.1. The highest BCUT2D eigenvalue weighted by Gasteiger charge is 2.55. The van der Waals surface area contributed by atoms with Gasteiger partial charge in [-0.2, -0.15) is 4.31 Å². The lowest BCUT2D eigenvalue weighted by Gasteiger charge is -2.28. The molecule has 0 aliphatic carbocycles. The highest BCUT2D eigenvalue weighted by atomic mass is 32.2. The van der Waals surface area contributed by atoms with Crippen LogP contribution in [-0.2, 0) is 21.4 Å². The van der Waals surface area contributed by atoms with Crippen molar-refractivity contribution in [2.45, 2.75) is 30.3 Å². The predicted octanol–water partition coefficient (Wildman–Crippen LogP) is 1.71. The Bertz CT molecular complexity index is 1090. The van der Waals surface area contributed by atoms with Crippen molar-refractivity contribution in [3.05, 3.63) is 54.4 Å². The number of ether oxygens (including phenoxy) is 1. The number of pyridine rings is 1. The van der Waals surface area contributed by atoms with Crippen LogP contribution in [0.15, 0.2) is 53.6 Å². The van der Waals surface area contributed by atoms with Crippen molar-refractivity contribution in [2.75, 3.05) is 26.7 Å². The number of aromatic nitrogens is 1. The molecular weight excluding hydrogens is 420 g/mol. The van der Waals surface area contributed by atoms with E-state index >= 15 is 0 Å². The van der Waals surface area contributed by atoms with Crippen molar-refractivity contribution in [1.29, 1.82) is 0 Å². The second kappa shape index (κ2) is 7.93. The molecule has 1 atom stereocenters. The number of methoxy groups -OCH3 is 1. The maximum absolute atomic E-state index is 13.2. The SMILES string of the molecule is COc1ccc(S(=O)(=O)N2CCN3C(=O)N(Cc4ccccn4)C(=O)C3(C)CC2)cc1. The van der Waals surface area contributed by atoms with Gasteiger partial charge in [-0.15, -0.1) is 0 Å². The lowest BCUT2D eigenvalue weighted by atomic mass is 9.96. The molecular formula is C21H24N4O5S. The maximum atomic E-state index is 13.2. The number of hydrogen-bond donors (Lipinski definition) is 0. The number of fused-ring (bicyclic) bond motifs is 1. The van der Waals surface area contributed by atoms with Crippen LogP contribution in [0.1, 0.15) is 19.0 Å². The largest absolute Gasteiger partial charge is 0.497 e. The fourth-order valence-corrected chi connectivity index (χ4v) is 5.46. The Kier molecular flexibility index (Phi) is 5.44. The molecule has 2 aromatic rings. The summed E-state index contributed by atoms with van der Waals surface area (Å²) in [6.07, 6.45) is 1.83. The molecule has 164 valence electrons. The normalized spacial score (nSPS) is 22.4. The minimum Gasteiger partial charge on any atom is -0.497 e. The van der Waals surface area contributed by atoms with Gasteiger partial charge < -0.3 is 9.64 Å². The average molecular weight is 445 g/mol. The zero-order chi connectivity index (χ0) is 22.2. The number of carbonyl (C=O) groups is 2. The van der Waals surface area contributed by atoms with Gasteiger partial charge in [-0.1, -0.05) is 6.07 Å². The summed E-state index contributed by atoms with van der Waals surface area (Å²) in [5.74, 6) is 0.235. The molecule has 10 heteroatoms. The molecule has 2 aliphatic rings. The first-order valence-corrected chi connectivity index (χ1v) is 11.4. The van der Waals surface area contributed by atoms with Gasteiger partial charge >= 0.3 is 6.03 Å². The molecule has 1 aromatic carbocycles. The number of benzene rings is 1. The zero-order valence-corrected chi connectivity index (χ0v) is 18.2. The summed E-state index contributed by atoms with van der Waals surface area (Å²) in [7, 11) is -2.25. The first-order chi connectivity index (χ1) is 14.8. The molecule has 1 aromatic heterocycles. The van der Waals surface area contributed by atoms with E-state index in [1.54, 1.807) is 43.5 Å². The van der Waals surface area contributed by atoms with Crippen molar-refractivity contribution >= 4 is 22.0 Å². The third kappa shape index (κ3) is 3.66. The van der Waals surface area contributed by atoms with Crippen LogP contribution in [0.3, 0.4) is 0 Å². The lowest BCUT2D eigenvalue weighted by Crippen LogP contribution is -2.47. The predicted molar refractivity (Wildman–Crippen MR) is 112 cm³/mol. The smallest absolute Gasteiger partial charge is 0.328 e. The van der Waals surface area contributed by atoms with Gasteiger partial charge in [0.1, 0.15) is 11.3 Å². The molecule has 4 rings (SSSR count). The van der Waals surface area contributed by atoms with Crippen LogP contribution in [-0.4, -0.2) is 71.7 Å². The monoisotopic (exact) mass is 444 g/mol. The van der Waals surface area contributed by atoms with Crippen LogP contribution in [0, 0.1) is 0 Å². The first kappa shape index (κ1) is 21.3. The number of nitrogens with zero attached hydrogens (tertiary/aromatic N) is 4. The van der Waals surface area contributed by atoms with E-state index in [0.29, 0.717) is 11.4 Å². The lowest BCUT2D eigenvalue weighted by molar-refractivity contribution is -0.133. The summed E-state index contributed by atoms with van der Waals surface area (Å²) < 4.78 is 32.6. The second-order valence-electron chi connectivity index (χ2n) is 7.75. The summed E-state index contributed by atoms with van der Waals surface area (Å²) in [4.78, 5) is 33.2. The van der Waals surface area contributed by atoms with E-state index in [1.165, 1.54) is 33.3 Å². The third-order valence-electron chi connectivity index (χ3n) is 5.93. The first-order valence-electron chi connectivity index (χ1n) is 9.95. The number of carbonyl (C=O) groups excluding carboxylic acids is 2. The average Bonchev–Trinajstić information content (AvgIpc) is 2.91. The van der Waals surface area contributed by atoms with Gasteiger partial charge in [0.05, 0.1) is 24.2 Å². The van der Waals surface area contributed by atoms with Crippen LogP contribution in [0.5, 0.6) is 5.75 Å². The van der Waals surface area contributed by atoms with E-state index in [0.717, 1.165) is 0 Å². The minimum atomic E-state index is -3.76. The Morgan fingerprint density at radius 2 is 1.81 bits per heavy atom. The Morgan fingerprint density at radius 3 is 2.45 bits per heavy atom. The van der Waals surface area contributed by atoms with Gasteiger partial charge in [0.25, 0.3) is 5.91 Å². The molecule has 31 heavy (non-hydrogen) atoms. The zero-order valence-electron chi connectivity index (χ0n) is 17.4. The standard InChI is InChI=1S/C21H24N4O5S/c1-21-10-12-23(31(28,29)18-8-6-17(30-2)7-9-18)13-14-25(21)20(27)24(19(21)26)15-16-5-3-4-11-22-16/h3-9,11H,10,12-15H2,1-2H3. The topological polar surface area (TPSA) is 100 Å². The molecule has 2 fully saturated rings.